The molecule has 0 bridgehead atoms. The van der Waals surface area contributed by atoms with Crippen LogP contribution >= 0.6 is 10.7 Å². The Morgan fingerprint density at radius 1 is 1.50 bits per heavy atom. The largest absolute Gasteiger partial charge is 0.455 e. The van der Waals surface area contributed by atoms with Crippen LogP contribution in [0.1, 0.15) is 30.2 Å². The van der Waals surface area contributed by atoms with Crippen molar-refractivity contribution in [3.8, 4) is 0 Å². The Morgan fingerprint density at radius 2 is 2.10 bits per heavy atom. The van der Waals surface area contributed by atoms with Gasteiger partial charge in [-0.2, -0.15) is 0 Å². The topological polar surface area (TPSA) is 85.6 Å². The molecule has 0 spiro atoms. The summed E-state index contributed by atoms with van der Waals surface area (Å²) in [6.07, 6.45) is 0. The number of rotatable bonds is 6. The first-order valence-electron chi connectivity index (χ1n) is 6.01. The lowest BCUT2D eigenvalue weighted by Gasteiger charge is -2.20. The number of carbonyl (C=O) groups excluding carboxylic acids is 1. The Labute approximate surface area is 122 Å². The highest BCUT2D eigenvalue weighted by Gasteiger charge is 2.24. The molecule has 0 aliphatic carbocycles. The molecular weight excluding hydrogens is 306 g/mol. The Morgan fingerprint density at radius 3 is 2.50 bits per heavy atom. The van der Waals surface area contributed by atoms with E-state index in [-0.39, 0.29) is 28.4 Å². The molecule has 6 nitrogen and oxygen atoms in total. The van der Waals surface area contributed by atoms with E-state index in [4.69, 9.17) is 19.8 Å². The van der Waals surface area contributed by atoms with Gasteiger partial charge in [-0.1, -0.05) is 13.8 Å². The molecule has 0 radical (unpaired) electrons. The van der Waals surface area contributed by atoms with E-state index >= 15 is 0 Å². The van der Waals surface area contributed by atoms with E-state index in [1.165, 1.54) is 14.0 Å². The van der Waals surface area contributed by atoms with Gasteiger partial charge in [-0.05, 0) is 12.8 Å². The first-order valence-corrected chi connectivity index (χ1v) is 8.32. The average molecular weight is 324 g/mol. The van der Waals surface area contributed by atoms with Crippen LogP contribution in [0.3, 0.4) is 0 Å². The molecule has 0 aromatic carbocycles. The SMILES string of the molecule is COCC(NC(=O)c1cc(S(=O)(=O)Cl)c(C)o1)C(C)C. The van der Waals surface area contributed by atoms with Crippen molar-refractivity contribution in [3.05, 3.63) is 17.6 Å². The molecule has 0 aliphatic heterocycles. The number of amides is 1. The molecule has 0 saturated heterocycles. The van der Waals surface area contributed by atoms with Crippen LogP contribution in [-0.4, -0.2) is 34.1 Å². The summed E-state index contributed by atoms with van der Waals surface area (Å²) in [4.78, 5) is 11.8. The lowest BCUT2D eigenvalue weighted by Crippen LogP contribution is -2.41. The molecular formula is C12H18ClNO5S. The molecule has 114 valence electrons. The Balaban J connectivity index is 2.93. The molecule has 1 aromatic rings. The van der Waals surface area contributed by atoms with Gasteiger partial charge >= 0.3 is 0 Å². The number of halogens is 1. The van der Waals surface area contributed by atoms with Crippen molar-refractivity contribution in [2.45, 2.75) is 31.7 Å². The van der Waals surface area contributed by atoms with Crippen LogP contribution in [0.5, 0.6) is 0 Å². The van der Waals surface area contributed by atoms with Gasteiger partial charge in [0.05, 0.1) is 12.6 Å². The van der Waals surface area contributed by atoms with Crippen molar-refractivity contribution < 1.29 is 22.4 Å². The number of nitrogens with one attached hydrogen (secondary N) is 1. The maximum absolute atomic E-state index is 12.0. The van der Waals surface area contributed by atoms with Gasteiger partial charge < -0.3 is 14.5 Å². The standard InChI is InChI=1S/C12H18ClNO5S/c1-7(2)9(6-18-4)14-12(15)10-5-11(8(3)19-10)20(13,16)17/h5,7,9H,6H2,1-4H3,(H,14,15). The second-order valence-electron chi connectivity index (χ2n) is 4.75. The van der Waals surface area contributed by atoms with Gasteiger partial charge in [0.2, 0.25) is 0 Å². The second kappa shape index (κ2) is 6.60. The van der Waals surface area contributed by atoms with E-state index < -0.39 is 15.0 Å². The smallest absolute Gasteiger partial charge is 0.287 e. The number of ether oxygens (including phenoxy) is 1. The lowest BCUT2D eigenvalue weighted by atomic mass is 10.1. The predicted molar refractivity (Wildman–Crippen MR) is 74.5 cm³/mol. The van der Waals surface area contributed by atoms with E-state index in [1.807, 2.05) is 13.8 Å². The molecule has 1 heterocycles. The molecule has 1 amide bonds. The number of hydrogen-bond acceptors (Lipinski definition) is 5. The Hall–Kier alpha value is -1.05. The molecule has 20 heavy (non-hydrogen) atoms. The second-order valence-corrected chi connectivity index (χ2v) is 7.28. The minimum Gasteiger partial charge on any atom is -0.455 e. The third-order valence-corrected chi connectivity index (χ3v) is 4.26. The van der Waals surface area contributed by atoms with Gasteiger partial charge in [-0.3, -0.25) is 4.79 Å². The van der Waals surface area contributed by atoms with Gasteiger partial charge in [-0.25, -0.2) is 8.42 Å². The highest BCUT2D eigenvalue weighted by atomic mass is 35.7. The van der Waals surface area contributed by atoms with Crippen LogP contribution in [0, 0.1) is 12.8 Å². The van der Waals surface area contributed by atoms with Crippen molar-refractivity contribution >= 4 is 25.6 Å². The predicted octanol–water partition coefficient (Wildman–Crippen LogP) is 1.92. The van der Waals surface area contributed by atoms with Crippen LogP contribution in [0.25, 0.3) is 0 Å². The van der Waals surface area contributed by atoms with Gasteiger partial charge in [-0.15, -0.1) is 0 Å². The normalized spacial score (nSPS) is 13.5. The van der Waals surface area contributed by atoms with E-state index in [2.05, 4.69) is 5.32 Å². The molecule has 0 aliphatic rings. The van der Waals surface area contributed by atoms with Gasteiger partial charge in [0.25, 0.3) is 15.0 Å². The highest BCUT2D eigenvalue weighted by molar-refractivity contribution is 8.13. The molecule has 1 rings (SSSR count). The summed E-state index contributed by atoms with van der Waals surface area (Å²) in [5.41, 5.74) is 0. The van der Waals surface area contributed by atoms with Crippen molar-refractivity contribution in [1.29, 1.82) is 0 Å². The van der Waals surface area contributed by atoms with Crippen LogP contribution in [-0.2, 0) is 13.8 Å². The fourth-order valence-electron chi connectivity index (χ4n) is 1.64. The first-order chi connectivity index (χ1) is 9.16. The summed E-state index contributed by atoms with van der Waals surface area (Å²) < 4.78 is 32.7. The molecule has 0 fully saturated rings. The summed E-state index contributed by atoms with van der Waals surface area (Å²) in [7, 11) is 2.86. The van der Waals surface area contributed by atoms with Crippen molar-refractivity contribution in [1.82, 2.24) is 5.32 Å². The van der Waals surface area contributed by atoms with Gasteiger partial charge in [0, 0.05) is 23.9 Å². The molecule has 1 atom stereocenters. The molecule has 8 heteroatoms. The zero-order valence-electron chi connectivity index (χ0n) is 11.8. The fraction of sp³-hybridized carbons (Fsp3) is 0.583. The summed E-state index contributed by atoms with van der Waals surface area (Å²) in [5, 5.41) is 2.73. The third kappa shape index (κ3) is 4.22. The van der Waals surface area contributed by atoms with Crippen LogP contribution < -0.4 is 5.32 Å². The number of aryl methyl sites for hydroxylation is 1. The number of furan rings is 1. The van der Waals surface area contributed by atoms with Crippen molar-refractivity contribution in [2.24, 2.45) is 5.92 Å². The lowest BCUT2D eigenvalue weighted by molar-refractivity contribution is 0.0838. The van der Waals surface area contributed by atoms with E-state index in [1.54, 1.807) is 0 Å². The Kier molecular flexibility index (Phi) is 5.61. The fourth-order valence-corrected chi connectivity index (χ4v) is 2.73. The summed E-state index contributed by atoms with van der Waals surface area (Å²) in [5.74, 6) is -0.358. The summed E-state index contributed by atoms with van der Waals surface area (Å²) in [6.45, 7) is 5.66. The number of hydrogen-bond donors (Lipinski definition) is 1. The highest BCUT2D eigenvalue weighted by Crippen LogP contribution is 2.23. The van der Waals surface area contributed by atoms with Crippen LogP contribution in [0.15, 0.2) is 15.4 Å². The number of carbonyl (C=O) groups is 1. The van der Waals surface area contributed by atoms with Crippen LogP contribution in [0.4, 0.5) is 0 Å². The molecule has 1 unspecified atom stereocenters. The van der Waals surface area contributed by atoms with Crippen molar-refractivity contribution in [3.63, 3.8) is 0 Å². The third-order valence-electron chi connectivity index (χ3n) is 2.83. The Bertz CT molecular complexity index is 579. The molecule has 1 N–H and O–H groups in total. The van der Waals surface area contributed by atoms with Crippen molar-refractivity contribution in [2.75, 3.05) is 13.7 Å². The number of methoxy groups -OCH3 is 1. The minimum atomic E-state index is -3.93. The van der Waals surface area contributed by atoms with E-state index in [0.717, 1.165) is 6.07 Å². The quantitative estimate of drug-likeness (QED) is 0.808. The zero-order chi connectivity index (χ0) is 15.5. The zero-order valence-corrected chi connectivity index (χ0v) is 13.3. The maximum Gasteiger partial charge on any atom is 0.287 e. The van der Waals surface area contributed by atoms with E-state index in [9.17, 15) is 13.2 Å². The minimum absolute atomic E-state index is 0.0815. The van der Waals surface area contributed by atoms with Gasteiger partial charge in [0.1, 0.15) is 10.7 Å². The monoisotopic (exact) mass is 323 g/mol. The molecule has 1 aromatic heterocycles. The summed E-state index contributed by atoms with van der Waals surface area (Å²) in [6, 6.07) is 0.922. The maximum atomic E-state index is 12.0. The average Bonchev–Trinajstić information content (AvgIpc) is 2.70. The van der Waals surface area contributed by atoms with E-state index in [0.29, 0.717) is 6.61 Å². The molecule has 0 saturated carbocycles. The van der Waals surface area contributed by atoms with Gasteiger partial charge in [0.15, 0.2) is 5.76 Å². The van der Waals surface area contributed by atoms with Crippen LogP contribution in [0.2, 0.25) is 0 Å². The first kappa shape index (κ1) is 17.0. The summed E-state index contributed by atoms with van der Waals surface area (Å²) >= 11 is 0.